The van der Waals surface area contributed by atoms with Gasteiger partial charge in [-0.3, -0.25) is 10.1 Å². The third-order valence-electron chi connectivity index (χ3n) is 2.66. The Balaban J connectivity index is 2.01. The highest BCUT2D eigenvalue weighted by molar-refractivity contribution is 7.99. The molecule has 19 heavy (non-hydrogen) atoms. The zero-order valence-corrected chi connectivity index (χ0v) is 12.8. The lowest BCUT2D eigenvalue weighted by atomic mass is 10.2. The molecule has 1 heterocycles. The average molecular weight is 300 g/mol. The molecule has 104 valence electrons. The molecule has 0 saturated carbocycles. The maximum absolute atomic E-state index is 12.0. The fourth-order valence-electron chi connectivity index (χ4n) is 1.85. The number of halogens is 1. The molecule has 5 heteroatoms. The van der Waals surface area contributed by atoms with E-state index in [9.17, 15) is 4.79 Å². The van der Waals surface area contributed by atoms with Crippen LogP contribution in [0.25, 0.3) is 0 Å². The van der Waals surface area contributed by atoms with Gasteiger partial charge in [0.05, 0.1) is 5.37 Å². The first-order valence-corrected chi connectivity index (χ1v) is 7.64. The van der Waals surface area contributed by atoms with Gasteiger partial charge >= 0.3 is 5.97 Å². The van der Waals surface area contributed by atoms with Crippen LogP contribution in [0.5, 0.6) is 0 Å². The highest BCUT2D eigenvalue weighted by atomic mass is 35.5. The van der Waals surface area contributed by atoms with Crippen molar-refractivity contribution in [3.63, 3.8) is 0 Å². The lowest BCUT2D eigenvalue weighted by molar-refractivity contribution is -0.156. The lowest BCUT2D eigenvalue weighted by Crippen LogP contribution is -2.39. The maximum atomic E-state index is 12.0. The summed E-state index contributed by atoms with van der Waals surface area (Å²) in [5.41, 5.74) is 0.562. The SMILES string of the molecule is CC(C)(C)OC(=O)[C@@H]1CSC(c2ccccc2Cl)N1. The number of benzene rings is 1. The van der Waals surface area contributed by atoms with Gasteiger partial charge in [-0.05, 0) is 32.4 Å². The van der Waals surface area contributed by atoms with E-state index in [0.29, 0.717) is 5.75 Å². The Labute approximate surface area is 123 Å². The van der Waals surface area contributed by atoms with Crippen LogP contribution in [0.15, 0.2) is 24.3 Å². The average Bonchev–Trinajstić information content (AvgIpc) is 2.76. The van der Waals surface area contributed by atoms with Crippen LogP contribution in [-0.4, -0.2) is 23.4 Å². The van der Waals surface area contributed by atoms with Crippen LogP contribution < -0.4 is 5.32 Å². The molecule has 2 rings (SSSR count). The fraction of sp³-hybridized carbons (Fsp3) is 0.500. The standard InChI is InChI=1S/C14H18ClNO2S/c1-14(2,3)18-13(17)11-8-19-12(16-11)9-6-4-5-7-10(9)15/h4-7,11-12,16H,8H2,1-3H3/t11-,12?/m0/s1. The molecule has 1 aromatic carbocycles. The molecule has 1 saturated heterocycles. The van der Waals surface area contributed by atoms with E-state index < -0.39 is 5.60 Å². The number of hydrogen-bond donors (Lipinski definition) is 1. The Morgan fingerprint density at radius 2 is 2.11 bits per heavy atom. The van der Waals surface area contributed by atoms with Gasteiger partial charge in [0.1, 0.15) is 11.6 Å². The van der Waals surface area contributed by atoms with Crippen LogP contribution in [0.3, 0.4) is 0 Å². The summed E-state index contributed by atoms with van der Waals surface area (Å²) in [5.74, 6) is 0.500. The van der Waals surface area contributed by atoms with Crippen LogP contribution in [0.1, 0.15) is 31.7 Å². The van der Waals surface area contributed by atoms with Crippen molar-refractivity contribution in [2.75, 3.05) is 5.75 Å². The number of thioether (sulfide) groups is 1. The first-order chi connectivity index (χ1) is 8.87. The zero-order valence-electron chi connectivity index (χ0n) is 11.3. The van der Waals surface area contributed by atoms with E-state index >= 15 is 0 Å². The zero-order chi connectivity index (χ0) is 14.0. The minimum Gasteiger partial charge on any atom is -0.459 e. The van der Waals surface area contributed by atoms with Gasteiger partial charge in [0.25, 0.3) is 0 Å². The first kappa shape index (κ1) is 14.7. The summed E-state index contributed by atoms with van der Waals surface area (Å²) >= 11 is 7.84. The summed E-state index contributed by atoms with van der Waals surface area (Å²) in [6.07, 6.45) is 0. The molecule has 1 aromatic rings. The highest BCUT2D eigenvalue weighted by Crippen LogP contribution is 2.36. The van der Waals surface area contributed by atoms with Crippen molar-refractivity contribution in [2.24, 2.45) is 0 Å². The van der Waals surface area contributed by atoms with Gasteiger partial charge in [-0.1, -0.05) is 29.8 Å². The fourth-order valence-corrected chi connectivity index (χ4v) is 3.42. The summed E-state index contributed by atoms with van der Waals surface area (Å²) in [4.78, 5) is 12.0. The normalized spacial score (nSPS) is 23.4. The summed E-state index contributed by atoms with van der Waals surface area (Å²) in [5, 5.41) is 4.04. The van der Waals surface area contributed by atoms with E-state index in [1.54, 1.807) is 11.8 Å². The van der Waals surface area contributed by atoms with E-state index in [1.807, 2.05) is 45.0 Å². The van der Waals surface area contributed by atoms with Crippen molar-refractivity contribution < 1.29 is 9.53 Å². The number of nitrogens with one attached hydrogen (secondary N) is 1. The van der Waals surface area contributed by atoms with Crippen molar-refractivity contribution in [3.8, 4) is 0 Å². The summed E-state index contributed by atoms with van der Waals surface area (Å²) in [6.45, 7) is 5.62. The van der Waals surface area contributed by atoms with Crippen molar-refractivity contribution >= 4 is 29.3 Å². The molecule has 1 aliphatic heterocycles. The molecule has 1 fully saturated rings. The largest absolute Gasteiger partial charge is 0.459 e. The second kappa shape index (κ2) is 5.73. The van der Waals surface area contributed by atoms with E-state index in [-0.39, 0.29) is 17.4 Å². The minimum absolute atomic E-state index is 0.0474. The number of carbonyl (C=O) groups excluding carboxylic acids is 1. The van der Waals surface area contributed by atoms with Crippen LogP contribution in [0, 0.1) is 0 Å². The van der Waals surface area contributed by atoms with Gasteiger partial charge < -0.3 is 4.74 Å². The second-order valence-corrected chi connectivity index (χ2v) is 7.03. The van der Waals surface area contributed by atoms with Crippen LogP contribution in [0.2, 0.25) is 5.02 Å². The van der Waals surface area contributed by atoms with Gasteiger partial charge in [-0.25, -0.2) is 0 Å². The van der Waals surface area contributed by atoms with Crippen molar-refractivity contribution in [1.82, 2.24) is 5.32 Å². The number of carbonyl (C=O) groups is 1. The predicted molar refractivity (Wildman–Crippen MR) is 79.4 cm³/mol. The first-order valence-electron chi connectivity index (χ1n) is 6.22. The van der Waals surface area contributed by atoms with Gasteiger partial charge in [-0.15, -0.1) is 11.8 Å². The molecule has 0 bridgehead atoms. The van der Waals surface area contributed by atoms with Gasteiger partial charge in [-0.2, -0.15) is 0 Å². The molecule has 2 atom stereocenters. The molecule has 0 aliphatic carbocycles. The highest BCUT2D eigenvalue weighted by Gasteiger charge is 2.34. The Hall–Kier alpha value is -0.710. The summed E-state index contributed by atoms with van der Waals surface area (Å²) in [7, 11) is 0. The number of rotatable bonds is 2. The molecule has 0 amide bonds. The Kier molecular flexibility index (Phi) is 4.43. The molecule has 3 nitrogen and oxygen atoms in total. The summed E-state index contributed by atoms with van der Waals surface area (Å²) < 4.78 is 5.39. The Bertz CT molecular complexity index is 473. The molecule has 1 N–H and O–H groups in total. The van der Waals surface area contributed by atoms with E-state index in [1.165, 1.54) is 0 Å². The van der Waals surface area contributed by atoms with Crippen molar-refractivity contribution in [3.05, 3.63) is 34.9 Å². The maximum Gasteiger partial charge on any atom is 0.324 e. The molecule has 1 unspecified atom stereocenters. The Morgan fingerprint density at radius 1 is 1.42 bits per heavy atom. The minimum atomic E-state index is -0.452. The third-order valence-corrected chi connectivity index (χ3v) is 4.25. The monoisotopic (exact) mass is 299 g/mol. The third kappa shape index (κ3) is 3.88. The number of esters is 1. The predicted octanol–water partition coefficient (Wildman–Crippen LogP) is 3.39. The summed E-state index contributed by atoms with van der Waals surface area (Å²) in [6, 6.07) is 7.41. The van der Waals surface area contributed by atoms with Crippen LogP contribution in [0.4, 0.5) is 0 Å². The second-order valence-electron chi connectivity index (χ2n) is 5.49. The van der Waals surface area contributed by atoms with E-state index in [0.717, 1.165) is 10.6 Å². The number of hydrogen-bond acceptors (Lipinski definition) is 4. The van der Waals surface area contributed by atoms with E-state index in [4.69, 9.17) is 16.3 Å². The molecule has 0 aromatic heterocycles. The molecular weight excluding hydrogens is 282 g/mol. The van der Waals surface area contributed by atoms with Gasteiger partial charge in [0.2, 0.25) is 0 Å². The van der Waals surface area contributed by atoms with Gasteiger partial charge in [0.15, 0.2) is 0 Å². The van der Waals surface area contributed by atoms with Crippen LogP contribution in [-0.2, 0) is 9.53 Å². The van der Waals surface area contributed by atoms with E-state index in [2.05, 4.69) is 5.32 Å². The van der Waals surface area contributed by atoms with Crippen LogP contribution >= 0.6 is 23.4 Å². The molecular formula is C14H18ClNO2S. The van der Waals surface area contributed by atoms with Crippen molar-refractivity contribution in [2.45, 2.75) is 37.8 Å². The topological polar surface area (TPSA) is 38.3 Å². The molecule has 1 aliphatic rings. The molecule has 0 spiro atoms. The lowest BCUT2D eigenvalue weighted by Gasteiger charge is -2.22. The number of ether oxygens (including phenoxy) is 1. The Morgan fingerprint density at radius 3 is 2.74 bits per heavy atom. The van der Waals surface area contributed by atoms with Crippen molar-refractivity contribution in [1.29, 1.82) is 0 Å². The quantitative estimate of drug-likeness (QED) is 0.850. The van der Waals surface area contributed by atoms with Gasteiger partial charge in [0, 0.05) is 10.8 Å². The smallest absolute Gasteiger partial charge is 0.324 e. The molecule has 0 radical (unpaired) electrons.